The third kappa shape index (κ3) is 1.46. The van der Waals surface area contributed by atoms with Crippen LogP contribution in [0.2, 0.25) is 0 Å². The molecule has 0 radical (unpaired) electrons. The average Bonchev–Trinajstić information content (AvgIpc) is 2.84. The molecule has 72 valence electrons. The maximum absolute atomic E-state index is 12.9. The lowest BCUT2D eigenvalue weighted by Gasteiger charge is -1.94. The molecule has 1 aliphatic carbocycles. The first-order chi connectivity index (χ1) is 6.81. The molecule has 1 heterocycles. The molecule has 4 heteroatoms. The SMILES string of the molecule is Fc1ccc2sc(NC3CC3)nc2c1. The molecule has 2 aromatic rings. The number of fused-ring (bicyclic) bond motifs is 1. The predicted molar refractivity (Wildman–Crippen MR) is 56.2 cm³/mol. The van der Waals surface area contributed by atoms with Gasteiger partial charge in [0.25, 0.3) is 0 Å². The molecule has 1 N–H and O–H groups in total. The van der Waals surface area contributed by atoms with Crippen LogP contribution >= 0.6 is 11.3 Å². The van der Waals surface area contributed by atoms with E-state index in [9.17, 15) is 4.39 Å². The summed E-state index contributed by atoms with van der Waals surface area (Å²) >= 11 is 1.59. The zero-order valence-electron chi connectivity index (χ0n) is 7.46. The number of nitrogens with one attached hydrogen (secondary N) is 1. The van der Waals surface area contributed by atoms with Gasteiger partial charge < -0.3 is 5.32 Å². The highest BCUT2D eigenvalue weighted by atomic mass is 32.1. The number of nitrogens with zero attached hydrogens (tertiary/aromatic N) is 1. The Labute approximate surface area is 84.8 Å². The van der Waals surface area contributed by atoms with Gasteiger partial charge in [-0.3, -0.25) is 0 Å². The molecule has 0 bridgehead atoms. The fourth-order valence-corrected chi connectivity index (χ4v) is 2.29. The highest BCUT2D eigenvalue weighted by Gasteiger charge is 2.22. The molecule has 2 nitrogen and oxygen atoms in total. The zero-order valence-corrected chi connectivity index (χ0v) is 8.27. The van der Waals surface area contributed by atoms with Crippen LogP contribution in [-0.2, 0) is 0 Å². The van der Waals surface area contributed by atoms with Gasteiger partial charge in [0.1, 0.15) is 5.82 Å². The molecule has 0 unspecified atom stereocenters. The van der Waals surface area contributed by atoms with Crippen molar-refractivity contribution in [2.75, 3.05) is 5.32 Å². The zero-order chi connectivity index (χ0) is 9.54. The summed E-state index contributed by atoms with van der Waals surface area (Å²) in [6.45, 7) is 0. The van der Waals surface area contributed by atoms with Crippen molar-refractivity contribution in [1.29, 1.82) is 0 Å². The van der Waals surface area contributed by atoms with Crippen molar-refractivity contribution in [3.63, 3.8) is 0 Å². The summed E-state index contributed by atoms with van der Waals surface area (Å²) < 4.78 is 13.9. The van der Waals surface area contributed by atoms with Gasteiger partial charge in [0.05, 0.1) is 10.2 Å². The van der Waals surface area contributed by atoms with Crippen molar-refractivity contribution in [2.45, 2.75) is 18.9 Å². The average molecular weight is 208 g/mol. The van der Waals surface area contributed by atoms with Crippen LogP contribution in [0.5, 0.6) is 0 Å². The lowest BCUT2D eigenvalue weighted by atomic mass is 10.3. The number of thiazole rings is 1. The molecule has 0 atom stereocenters. The summed E-state index contributed by atoms with van der Waals surface area (Å²) in [6.07, 6.45) is 2.45. The maximum atomic E-state index is 12.9. The Morgan fingerprint density at radius 3 is 3.07 bits per heavy atom. The second-order valence-corrected chi connectivity index (χ2v) is 4.58. The Balaban J connectivity index is 2.01. The van der Waals surface area contributed by atoms with E-state index in [1.807, 2.05) is 0 Å². The van der Waals surface area contributed by atoms with Crippen LogP contribution in [0.25, 0.3) is 10.2 Å². The van der Waals surface area contributed by atoms with E-state index in [-0.39, 0.29) is 5.82 Å². The van der Waals surface area contributed by atoms with Gasteiger partial charge in [-0.2, -0.15) is 0 Å². The van der Waals surface area contributed by atoms with E-state index >= 15 is 0 Å². The van der Waals surface area contributed by atoms with Crippen LogP contribution in [-0.4, -0.2) is 11.0 Å². The third-order valence-corrected chi connectivity index (χ3v) is 3.22. The molecule has 1 aromatic heterocycles. The van der Waals surface area contributed by atoms with E-state index in [0.29, 0.717) is 6.04 Å². The van der Waals surface area contributed by atoms with Gasteiger partial charge in [0, 0.05) is 12.1 Å². The Hall–Kier alpha value is -1.16. The highest BCUT2D eigenvalue weighted by molar-refractivity contribution is 7.22. The molecule has 0 amide bonds. The minimum absolute atomic E-state index is 0.222. The molecule has 3 rings (SSSR count). The van der Waals surface area contributed by atoms with E-state index < -0.39 is 0 Å². The minimum atomic E-state index is -0.222. The van der Waals surface area contributed by atoms with Crippen molar-refractivity contribution >= 4 is 26.7 Å². The summed E-state index contributed by atoms with van der Waals surface area (Å²) in [5.74, 6) is -0.222. The quantitative estimate of drug-likeness (QED) is 0.820. The number of aromatic nitrogens is 1. The van der Waals surface area contributed by atoms with Gasteiger partial charge in [-0.15, -0.1) is 0 Å². The summed E-state index contributed by atoms with van der Waals surface area (Å²) in [5, 5.41) is 4.22. The lowest BCUT2D eigenvalue weighted by Crippen LogP contribution is -1.99. The molecule has 0 saturated heterocycles. The highest BCUT2D eigenvalue weighted by Crippen LogP contribution is 2.30. The lowest BCUT2D eigenvalue weighted by molar-refractivity contribution is 0.629. The van der Waals surface area contributed by atoms with Crippen LogP contribution in [0.1, 0.15) is 12.8 Å². The smallest absolute Gasteiger partial charge is 0.184 e. The number of rotatable bonds is 2. The standard InChI is InChI=1S/C10H9FN2S/c11-6-1-4-9-8(5-6)13-10(14-9)12-7-2-3-7/h1,4-5,7H,2-3H2,(H,12,13). The Bertz CT molecular complexity index is 476. The normalized spacial score (nSPS) is 16.1. The van der Waals surface area contributed by atoms with Crippen LogP contribution in [0.3, 0.4) is 0 Å². The minimum Gasteiger partial charge on any atom is -0.359 e. The number of hydrogen-bond acceptors (Lipinski definition) is 3. The Morgan fingerprint density at radius 1 is 1.43 bits per heavy atom. The Morgan fingerprint density at radius 2 is 2.29 bits per heavy atom. The van der Waals surface area contributed by atoms with Gasteiger partial charge in [-0.05, 0) is 25.0 Å². The second-order valence-electron chi connectivity index (χ2n) is 3.55. The molecule has 1 aliphatic rings. The number of hydrogen-bond donors (Lipinski definition) is 1. The molecule has 14 heavy (non-hydrogen) atoms. The third-order valence-electron chi connectivity index (χ3n) is 2.25. The first-order valence-electron chi connectivity index (χ1n) is 4.64. The van der Waals surface area contributed by atoms with Crippen molar-refractivity contribution in [1.82, 2.24) is 4.98 Å². The summed E-state index contributed by atoms with van der Waals surface area (Å²) in [5.41, 5.74) is 0.748. The topological polar surface area (TPSA) is 24.9 Å². The van der Waals surface area contributed by atoms with E-state index in [2.05, 4.69) is 10.3 Å². The summed E-state index contributed by atoms with van der Waals surface area (Å²) in [4.78, 5) is 4.32. The molecule has 1 aromatic carbocycles. The number of benzene rings is 1. The van der Waals surface area contributed by atoms with Crippen molar-refractivity contribution in [3.8, 4) is 0 Å². The van der Waals surface area contributed by atoms with Crippen LogP contribution in [0.4, 0.5) is 9.52 Å². The van der Waals surface area contributed by atoms with Crippen LogP contribution in [0, 0.1) is 5.82 Å². The largest absolute Gasteiger partial charge is 0.359 e. The van der Waals surface area contributed by atoms with Gasteiger partial charge in [-0.25, -0.2) is 9.37 Å². The summed E-state index contributed by atoms with van der Waals surface area (Å²) in [6, 6.07) is 5.33. The molecular weight excluding hydrogens is 199 g/mol. The first kappa shape index (κ1) is 8.17. The number of anilines is 1. The van der Waals surface area contributed by atoms with Crippen molar-refractivity contribution < 1.29 is 4.39 Å². The molecular formula is C10H9FN2S. The van der Waals surface area contributed by atoms with Gasteiger partial charge >= 0.3 is 0 Å². The molecule has 1 saturated carbocycles. The molecule has 1 fully saturated rings. The van der Waals surface area contributed by atoms with E-state index in [1.54, 1.807) is 17.4 Å². The molecule has 0 aliphatic heterocycles. The van der Waals surface area contributed by atoms with E-state index in [4.69, 9.17) is 0 Å². The van der Waals surface area contributed by atoms with Gasteiger partial charge in [0.2, 0.25) is 0 Å². The molecule has 0 spiro atoms. The van der Waals surface area contributed by atoms with Crippen molar-refractivity contribution in [2.24, 2.45) is 0 Å². The fraction of sp³-hybridized carbons (Fsp3) is 0.300. The van der Waals surface area contributed by atoms with E-state index in [1.165, 1.54) is 25.0 Å². The van der Waals surface area contributed by atoms with Gasteiger partial charge in [-0.1, -0.05) is 11.3 Å². The van der Waals surface area contributed by atoms with Crippen molar-refractivity contribution in [3.05, 3.63) is 24.0 Å². The second kappa shape index (κ2) is 2.92. The Kier molecular flexibility index (Phi) is 1.70. The fourth-order valence-electron chi connectivity index (χ4n) is 1.36. The van der Waals surface area contributed by atoms with Crippen LogP contribution in [0.15, 0.2) is 18.2 Å². The summed E-state index contributed by atoms with van der Waals surface area (Å²) in [7, 11) is 0. The van der Waals surface area contributed by atoms with E-state index in [0.717, 1.165) is 15.3 Å². The predicted octanol–water partition coefficient (Wildman–Crippen LogP) is 3.01. The maximum Gasteiger partial charge on any atom is 0.184 e. The number of halogens is 1. The van der Waals surface area contributed by atoms with Gasteiger partial charge in [0.15, 0.2) is 5.13 Å². The monoisotopic (exact) mass is 208 g/mol. The first-order valence-corrected chi connectivity index (χ1v) is 5.45. The van der Waals surface area contributed by atoms with Crippen LogP contribution < -0.4 is 5.32 Å².